The van der Waals surface area contributed by atoms with Gasteiger partial charge in [-0.3, -0.25) is 4.90 Å². The fraction of sp³-hybridized carbons (Fsp3) is 0.379. The molecule has 0 bridgehead atoms. The number of hydrogen-bond donors (Lipinski definition) is 0. The number of hydrogen-bond acceptors (Lipinski definition) is 5. The molecule has 36 heavy (non-hydrogen) atoms. The lowest BCUT2D eigenvalue weighted by atomic mass is 10.2. The van der Waals surface area contributed by atoms with E-state index in [0.29, 0.717) is 13.2 Å². The Hall–Kier alpha value is -2.74. The van der Waals surface area contributed by atoms with Gasteiger partial charge in [-0.15, -0.1) is 11.3 Å². The van der Waals surface area contributed by atoms with Crippen LogP contribution in [0, 0.1) is 0 Å². The third-order valence-corrected chi connectivity index (χ3v) is 12.2. The molecule has 2 aromatic carbocycles. The Morgan fingerprint density at radius 1 is 1.00 bits per heavy atom. The summed E-state index contributed by atoms with van der Waals surface area (Å²) in [6.45, 7) is 13.3. The molecule has 190 valence electrons. The molecule has 1 aromatic heterocycles. The van der Waals surface area contributed by atoms with Crippen LogP contribution in [0.5, 0.6) is 0 Å². The summed E-state index contributed by atoms with van der Waals surface area (Å²) in [6.07, 6.45) is 3.59. The van der Waals surface area contributed by atoms with Crippen LogP contribution in [0.15, 0.2) is 78.3 Å². The van der Waals surface area contributed by atoms with Crippen molar-refractivity contribution in [2.45, 2.75) is 58.2 Å². The average Bonchev–Trinajstić information content (AvgIpc) is 3.49. The van der Waals surface area contributed by atoms with Crippen LogP contribution in [0.4, 0.5) is 4.79 Å². The van der Waals surface area contributed by atoms with Gasteiger partial charge in [0.05, 0.1) is 19.2 Å². The number of nitrogens with zero attached hydrogens (tertiary/aromatic N) is 2. The Balaban J connectivity index is 1.73. The van der Waals surface area contributed by atoms with Gasteiger partial charge in [0.15, 0.2) is 0 Å². The van der Waals surface area contributed by atoms with Gasteiger partial charge < -0.3 is 9.16 Å². The summed E-state index contributed by atoms with van der Waals surface area (Å²) in [6, 6.07) is 20.9. The largest absolute Gasteiger partial charge is 0.444 e. The molecule has 0 radical (unpaired) electrons. The molecule has 7 heteroatoms. The maximum absolute atomic E-state index is 13.3. The van der Waals surface area contributed by atoms with E-state index in [1.807, 2.05) is 38.3 Å². The van der Waals surface area contributed by atoms with Crippen LogP contribution in [-0.2, 0) is 9.16 Å². The number of aromatic nitrogens is 1. The van der Waals surface area contributed by atoms with E-state index in [1.165, 1.54) is 10.4 Å². The Kier molecular flexibility index (Phi) is 7.55. The van der Waals surface area contributed by atoms with Crippen LogP contribution in [-0.4, -0.2) is 49.1 Å². The van der Waals surface area contributed by atoms with Crippen molar-refractivity contribution in [2.75, 3.05) is 13.2 Å². The fourth-order valence-corrected chi connectivity index (χ4v) is 10.1. The molecule has 1 aliphatic rings. The van der Waals surface area contributed by atoms with Crippen molar-refractivity contribution >= 4 is 41.7 Å². The van der Waals surface area contributed by atoms with E-state index in [0.717, 1.165) is 10.6 Å². The van der Waals surface area contributed by atoms with Crippen LogP contribution in [0.1, 0.15) is 46.6 Å². The summed E-state index contributed by atoms with van der Waals surface area (Å²) in [5.41, 5.74) is 0.455. The van der Waals surface area contributed by atoms with Gasteiger partial charge in [-0.2, -0.15) is 0 Å². The van der Waals surface area contributed by atoms with E-state index in [2.05, 4.69) is 80.4 Å². The van der Waals surface area contributed by atoms with Crippen molar-refractivity contribution in [3.8, 4) is 0 Å². The van der Waals surface area contributed by atoms with Gasteiger partial charge in [-0.05, 0) is 36.2 Å². The maximum Gasteiger partial charge on any atom is 0.411 e. The first-order chi connectivity index (χ1) is 17.0. The van der Waals surface area contributed by atoms with Crippen LogP contribution in [0.25, 0.3) is 5.57 Å². The summed E-state index contributed by atoms with van der Waals surface area (Å²) in [5, 5.41) is 5.17. The molecule has 2 heterocycles. The topological polar surface area (TPSA) is 51.7 Å². The van der Waals surface area contributed by atoms with Crippen molar-refractivity contribution in [1.29, 1.82) is 0 Å². The smallest absolute Gasteiger partial charge is 0.411 e. The number of ether oxygens (including phenoxy) is 1. The molecule has 0 saturated carbocycles. The molecule has 0 N–H and O–H groups in total. The van der Waals surface area contributed by atoms with Crippen molar-refractivity contribution in [3.05, 3.63) is 83.3 Å². The third kappa shape index (κ3) is 5.48. The highest BCUT2D eigenvalue weighted by Crippen LogP contribution is 2.38. The lowest BCUT2D eigenvalue weighted by Gasteiger charge is -2.44. The standard InChI is InChI=1S/C29H36N2O3SSi/c1-28(2,3)34-27(32)31-20-22(26-30-17-18-35-26)19-23(31)21-33-36(29(4,5)6,24-13-9-7-10-14-24)25-15-11-8-12-16-25/h7-19,23H,20-21H2,1-6H3/t23-/m0/s1. The molecule has 0 saturated heterocycles. The molecule has 0 fully saturated rings. The van der Waals surface area contributed by atoms with Crippen molar-refractivity contribution in [2.24, 2.45) is 0 Å². The van der Waals surface area contributed by atoms with Gasteiger partial charge in [0.2, 0.25) is 0 Å². The first-order valence-electron chi connectivity index (χ1n) is 12.4. The highest BCUT2D eigenvalue weighted by molar-refractivity contribution is 7.10. The molecular weight excluding hydrogens is 484 g/mol. The minimum Gasteiger partial charge on any atom is -0.444 e. The van der Waals surface area contributed by atoms with Crippen LogP contribution >= 0.6 is 11.3 Å². The minimum atomic E-state index is -2.74. The van der Waals surface area contributed by atoms with Gasteiger partial charge in [-0.25, -0.2) is 9.78 Å². The molecule has 0 unspecified atom stereocenters. The number of carbonyl (C=O) groups is 1. The molecule has 1 amide bonds. The highest BCUT2D eigenvalue weighted by Gasteiger charge is 2.51. The molecule has 1 aliphatic heterocycles. The zero-order valence-corrected chi connectivity index (χ0v) is 23.8. The first-order valence-corrected chi connectivity index (χ1v) is 15.2. The zero-order valence-electron chi connectivity index (χ0n) is 22.0. The van der Waals surface area contributed by atoms with Crippen molar-refractivity contribution in [1.82, 2.24) is 9.88 Å². The predicted octanol–water partition coefficient (Wildman–Crippen LogP) is 5.72. The zero-order chi connectivity index (χ0) is 26.0. The summed E-state index contributed by atoms with van der Waals surface area (Å²) < 4.78 is 12.9. The number of carbonyl (C=O) groups excluding carboxylic acids is 1. The van der Waals surface area contributed by atoms with E-state index < -0.39 is 13.9 Å². The summed E-state index contributed by atoms with van der Waals surface area (Å²) >= 11 is 1.58. The van der Waals surface area contributed by atoms with Crippen molar-refractivity contribution in [3.63, 3.8) is 0 Å². The molecular formula is C29H36N2O3SSi. The average molecular weight is 521 g/mol. The molecule has 0 aliphatic carbocycles. The molecule has 3 aromatic rings. The van der Waals surface area contributed by atoms with E-state index in [1.54, 1.807) is 22.4 Å². The molecule has 0 spiro atoms. The normalized spacial score (nSPS) is 16.7. The Morgan fingerprint density at radius 2 is 1.58 bits per heavy atom. The lowest BCUT2D eigenvalue weighted by molar-refractivity contribution is 0.0207. The van der Waals surface area contributed by atoms with E-state index in [9.17, 15) is 4.79 Å². The van der Waals surface area contributed by atoms with Crippen molar-refractivity contribution < 1.29 is 14.0 Å². The third-order valence-electron chi connectivity index (χ3n) is 6.36. The Bertz CT molecular complexity index is 1140. The Labute approximate surface area is 219 Å². The van der Waals surface area contributed by atoms with Crippen LogP contribution in [0.2, 0.25) is 5.04 Å². The monoisotopic (exact) mass is 520 g/mol. The number of rotatable bonds is 6. The summed E-state index contributed by atoms with van der Waals surface area (Å²) in [7, 11) is -2.74. The highest BCUT2D eigenvalue weighted by atomic mass is 32.1. The first kappa shape index (κ1) is 26.3. The van der Waals surface area contributed by atoms with Crippen LogP contribution < -0.4 is 10.4 Å². The predicted molar refractivity (Wildman–Crippen MR) is 150 cm³/mol. The maximum atomic E-state index is 13.3. The van der Waals surface area contributed by atoms with Gasteiger partial charge in [-0.1, -0.05) is 87.5 Å². The van der Waals surface area contributed by atoms with E-state index >= 15 is 0 Å². The summed E-state index contributed by atoms with van der Waals surface area (Å²) in [4.78, 5) is 19.5. The minimum absolute atomic E-state index is 0.146. The van der Waals surface area contributed by atoms with Gasteiger partial charge in [0.1, 0.15) is 10.6 Å². The second-order valence-corrected chi connectivity index (χ2v) is 16.4. The second-order valence-electron chi connectivity index (χ2n) is 11.2. The number of benzene rings is 2. The lowest BCUT2D eigenvalue weighted by Crippen LogP contribution is -2.67. The van der Waals surface area contributed by atoms with Gasteiger partial charge in [0, 0.05) is 17.2 Å². The number of amides is 1. The van der Waals surface area contributed by atoms with Gasteiger partial charge >= 0.3 is 6.09 Å². The van der Waals surface area contributed by atoms with Gasteiger partial charge in [0.25, 0.3) is 8.32 Å². The second kappa shape index (κ2) is 10.3. The summed E-state index contributed by atoms with van der Waals surface area (Å²) in [5.74, 6) is 0. The molecule has 1 atom stereocenters. The Morgan fingerprint density at radius 3 is 2.06 bits per heavy atom. The fourth-order valence-electron chi connectivity index (χ4n) is 4.83. The van der Waals surface area contributed by atoms with E-state index in [4.69, 9.17) is 9.16 Å². The SMILES string of the molecule is CC(C)(C)OC(=O)N1CC(c2nccs2)=C[C@H]1CO[Si](c1ccccc1)(c1ccccc1)C(C)(C)C. The quantitative estimate of drug-likeness (QED) is 0.390. The number of thiazole rings is 1. The van der Waals surface area contributed by atoms with E-state index in [-0.39, 0.29) is 17.2 Å². The molecule has 4 rings (SSSR count). The van der Waals surface area contributed by atoms with Crippen LogP contribution in [0.3, 0.4) is 0 Å². The molecule has 5 nitrogen and oxygen atoms in total.